The van der Waals surface area contributed by atoms with E-state index in [4.69, 9.17) is 0 Å². The Labute approximate surface area is 144 Å². The molecule has 0 N–H and O–H groups in total. The molecule has 0 unspecified atom stereocenters. The molecule has 0 bridgehead atoms. The third kappa shape index (κ3) is 2.43. The summed E-state index contributed by atoms with van der Waals surface area (Å²) in [5.74, 6) is 0.0872. The average molecular weight is 368 g/mol. The van der Waals surface area contributed by atoms with Crippen LogP contribution in [0.15, 0.2) is 46.9 Å². The molecule has 1 aliphatic rings. The quantitative estimate of drug-likeness (QED) is 0.573. The van der Waals surface area contributed by atoms with Gasteiger partial charge < -0.3 is 0 Å². The number of aryl methyl sites for hydroxylation is 2. The number of rotatable bonds is 1. The number of halogens is 1. The summed E-state index contributed by atoms with van der Waals surface area (Å²) in [5.41, 5.74) is 5.47. The molecule has 23 heavy (non-hydrogen) atoms. The maximum Gasteiger partial charge on any atom is 0.262 e. The van der Waals surface area contributed by atoms with Gasteiger partial charge in [0.15, 0.2) is 0 Å². The Morgan fingerprint density at radius 3 is 2.74 bits per heavy atom. The summed E-state index contributed by atoms with van der Waals surface area (Å²) in [5, 5.41) is 1.22. The van der Waals surface area contributed by atoms with Gasteiger partial charge in [0.2, 0.25) is 0 Å². The van der Waals surface area contributed by atoms with Crippen LogP contribution in [0.5, 0.6) is 0 Å². The molecule has 0 saturated carbocycles. The molecule has 2 nitrogen and oxygen atoms in total. The van der Waals surface area contributed by atoms with Crippen LogP contribution in [0.25, 0.3) is 10.9 Å². The Morgan fingerprint density at radius 2 is 1.91 bits per heavy atom. The van der Waals surface area contributed by atoms with Crippen molar-refractivity contribution in [3.63, 3.8) is 0 Å². The molecule has 0 atom stereocenters. The topological polar surface area (TPSA) is 22.0 Å². The Balaban J connectivity index is 1.97. The molecule has 0 spiro atoms. The van der Waals surface area contributed by atoms with Gasteiger partial charge in [0.25, 0.3) is 5.91 Å². The van der Waals surface area contributed by atoms with Gasteiger partial charge in [-0.05, 0) is 68.5 Å². The number of nitrogens with zero attached hydrogens (tertiary/aromatic N) is 1. The molecule has 0 saturated heterocycles. The van der Waals surface area contributed by atoms with Gasteiger partial charge in [-0.2, -0.15) is 0 Å². The van der Waals surface area contributed by atoms with Crippen molar-refractivity contribution in [2.45, 2.75) is 32.6 Å². The van der Waals surface area contributed by atoms with Crippen LogP contribution < -0.4 is 0 Å². The van der Waals surface area contributed by atoms with Crippen LogP contribution in [0, 0.1) is 6.92 Å². The van der Waals surface area contributed by atoms with Gasteiger partial charge in [-0.1, -0.05) is 33.6 Å². The zero-order valence-electron chi connectivity index (χ0n) is 13.1. The van der Waals surface area contributed by atoms with E-state index in [1.54, 1.807) is 0 Å². The number of carbonyl (C=O) groups excluding carboxylic acids is 1. The second kappa shape index (κ2) is 5.64. The van der Waals surface area contributed by atoms with Crippen molar-refractivity contribution in [3.05, 3.63) is 69.3 Å². The standard InChI is InChI=1S/C20H18BrNO/c1-13-5-4-6-14(11-13)20(23)22-18-8-3-2-7-16(18)17-12-15(21)9-10-19(17)22/h4-6,9-12H,2-3,7-8H2,1H3. The van der Waals surface area contributed by atoms with Crippen molar-refractivity contribution in [3.8, 4) is 0 Å². The zero-order chi connectivity index (χ0) is 16.0. The van der Waals surface area contributed by atoms with E-state index >= 15 is 0 Å². The van der Waals surface area contributed by atoms with Crippen molar-refractivity contribution >= 4 is 32.7 Å². The summed E-state index contributed by atoms with van der Waals surface area (Å²) in [7, 11) is 0. The molecule has 3 aromatic rings. The Kier molecular flexibility index (Phi) is 3.61. The second-order valence-electron chi connectivity index (χ2n) is 6.30. The van der Waals surface area contributed by atoms with Crippen molar-refractivity contribution in [2.24, 2.45) is 0 Å². The summed E-state index contributed by atoms with van der Waals surface area (Å²) in [6.45, 7) is 2.02. The fraction of sp³-hybridized carbons (Fsp3) is 0.250. The van der Waals surface area contributed by atoms with Crippen molar-refractivity contribution in [1.82, 2.24) is 4.57 Å². The van der Waals surface area contributed by atoms with Gasteiger partial charge in [0.1, 0.15) is 0 Å². The molecule has 2 aromatic carbocycles. The SMILES string of the molecule is Cc1cccc(C(=O)n2c3c(c4cc(Br)ccc42)CCCC3)c1. The molecule has 0 radical (unpaired) electrons. The van der Waals surface area contributed by atoms with Crippen LogP contribution in [0.3, 0.4) is 0 Å². The van der Waals surface area contributed by atoms with Crippen molar-refractivity contribution in [2.75, 3.05) is 0 Å². The first-order chi connectivity index (χ1) is 11.1. The molecule has 116 valence electrons. The lowest BCUT2D eigenvalue weighted by Crippen LogP contribution is -2.17. The predicted octanol–water partition coefficient (Wildman–Crippen LogP) is 5.28. The lowest BCUT2D eigenvalue weighted by atomic mass is 9.95. The highest BCUT2D eigenvalue weighted by Gasteiger charge is 2.24. The Hall–Kier alpha value is -1.87. The summed E-state index contributed by atoms with van der Waals surface area (Å²) in [6, 6.07) is 14.1. The van der Waals surface area contributed by atoms with Crippen LogP contribution >= 0.6 is 15.9 Å². The van der Waals surface area contributed by atoms with E-state index in [0.717, 1.165) is 40.4 Å². The lowest BCUT2D eigenvalue weighted by molar-refractivity contribution is 0.0961. The van der Waals surface area contributed by atoms with E-state index in [1.807, 2.05) is 41.8 Å². The highest BCUT2D eigenvalue weighted by atomic mass is 79.9. The number of fused-ring (bicyclic) bond motifs is 3. The van der Waals surface area contributed by atoms with E-state index in [-0.39, 0.29) is 5.91 Å². The minimum absolute atomic E-state index is 0.0872. The minimum atomic E-state index is 0.0872. The molecule has 1 aliphatic carbocycles. The molecule has 0 amide bonds. The largest absolute Gasteiger partial charge is 0.280 e. The molecule has 0 aliphatic heterocycles. The van der Waals surface area contributed by atoms with Crippen LogP contribution in [0.4, 0.5) is 0 Å². The molecule has 0 fully saturated rings. The fourth-order valence-electron chi connectivity index (χ4n) is 3.66. The third-order valence-corrected chi connectivity index (χ3v) is 5.19. The normalized spacial score (nSPS) is 14.0. The molecule has 4 rings (SSSR count). The van der Waals surface area contributed by atoms with Crippen LogP contribution in [0.1, 0.15) is 40.0 Å². The van der Waals surface area contributed by atoms with Crippen molar-refractivity contribution in [1.29, 1.82) is 0 Å². The highest BCUT2D eigenvalue weighted by Crippen LogP contribution is 2.34. The smallest absolute Gasteiger partial charge is 0.262 e. The van der Waals surface area contributed by atoms with Gasteiger partial charge in [0, 0.05) is 21.1 Å². The van der Waals surface area contributed by atoms with Gasteiger partial charge in [0.05, 0.1) is 5.52 Å². The van der Waals surface area contributed by atoms with Crippen LogP contribution in [-0.2, 0) is 12.8 Å². The van der Waals surface area contributed by atoms with E-state index < -0.39 is 0 Å². The number of aromatic nitrogens is 1. The number of benzene rings is 2. The minimum Gasteiger partial charge on any atom is -0.280 e. The first kappa shape index (κ1) is 14.7. The summed E-state index contributed by atoms with van der Waals surface area (Å²) in [6.07, 6.45) is 4.42. The van der Waals surface area contributed by atoms with Crippen LogP contribution in [0.2, 0.25) is 0 Å². The van der Waals surface area contributed by atoms with E-state index in [0.29, 0.717) is 0 Å². The molecular weight excluding hydrogens is 350 g/mol. The number of hydrogen-bond donors (Lipinski definition) is 0. The highest BCUT2D eigenvalue weighted by molar-refractivity contribution is 9.10. The maximum absolute atomic E-state index is 13.2. The van der Waals surface area contributed by atoms with Crippen LogP contribution in [-0.4, -0.2) is 10.5 Å². The van der Waals surface area contributed by atoms with E-state index in [1.165, 1.54) is 23.1 Å². The molecule has 1 aromatic heterocycles. The lowest BCUT2D eigenvalue weighted by Gasteiger charge is -2.15. The number of hydrogen-bond acceptors (Lipinski definition) is 1. The summed E-state index contributed by atoms with van der Waals surface area (Å²) >= 11 is 3.57. The second-order valence-corrected chi connectivity index (χ2v) is 7.22. The molecule has 1 heterocycles. The monoisotopic (exact) mass is 367 g/mol. The third-order valence-electron chi connectivity index (χ3n) is 4.70. The van der Waals surface area contributed by atoms with E-state index in [9.17, 15) is 4.79 Å². The summed E-state index contributed by atoms with van der Waals surface area (Å²) < 4.78 is 3.02. The maximum atomic E-state index is 13.2. The summed E-state index contributed by atoms with van der Waals surface area (Å²) in [4.78, 5) is 13.2. The zero-order valence-corrected chi connectivity index (χ0v) is 14.7. The Morgan fingerprint density at radius 1 is 1.09 bits per heavy atom. The van der Waals surface area contributed by atoms with Gasteiger partial charge in [-0.15, -0.1) is 0 Å². The molecule has 3 heteroatoms. The van der Waals surface area contributed by atoms with Crippen molar-refractivity contribution < 1.29 is 4.79 Å². The fourth-order valence-corrected chi connectivity index (χ4v) is 4.02. The first-order valence-corrected chi connectivity index (χ1v) is 8.87. The van der Waals surface area contributed by atoms with Gasteiger partial charge in [-0.25, -0.2) is 0 Å². The first-order valence-electron chi connectivity index (χ1n) is 8.08. The Bertz CT molecular complexity index is 923. The predicted molar refractivity (Wildman–Crippen MR) is 97.2 cm³/mol. The average Bonchev–Trinajstić information content (AvgIpc) is 2.88. The number of carbonyl (C=O) groups is 1. The van der Waals surface area contributed by atoms with E-state index in [2.05, 4.69) is 28.1 Å². The van der Waals surface area contributed by atoms with Gasteiger partial charge in [-0.3, -0.25) is 9.36 Å². The molecular formula is C20H18BrNO. The van der Waals surface area contributed by atoms with Gasteiger partial charge >= 0.3 is 0 Å².